The van der Waals surface area contributed by atoms with E-state index in [0.717, 1.165) is 22.0 Å². The second-order valence-electron chi connectivity index (χ2n) is 3.13. The van der Waals surface area contributed by atoms with Crippen molar-refractivity contribution in [3.05, 3.63) is 48.2 Å². The second-order valence-corrected chi connectivity index (χ2v) is 3.40. The lowest BCUT2D eigenvalue weighted by Crippen LogP contribution is -1.83. The Morgan fingerprint density at radius 3 is 2.93 bits per heavy atom. The fraction of sp³-hybridized carbons (Fsp3) is 0.0833. The highest BCUT2D eigenvalue weighted by atomic mass is 35.5. The number of rotatable bonds is 2. The molecule has 0 saturated carbocycles. The Kier molecular flexibility index (Phi) is 2.51. The highest BCUT2D eigenvalue weighted by molar-refractivity contribution is 6.17. The van der Waals surface area contributed by atoms with Crippen LogP contribution in [-0.4, -0.2) is 4.98 Å². The van der Waals surface area contributed by atoms with Gasteiger partial charge in [-0.05, 0) is 29.3 Å². The first-order valence-electron chi connectivity index (χ1n) is 4.40. The third-order valence-corrected chi connectivity index (χ3v) is 2.47. The fourth-order valence-corrected chi connectivity index (χ4v) is 1.56. The minimum Gasteiger partial charge on any atom is -0.256 e. The van der Waals surface area contributed by atoms with Crippen molar-refractivity contribution in [1.82, 2.24) is 4.98 Å². The van der Waals surface area contributed by atoms with Gasteiger partial charge in [0.2, 0.25) is 0 Å². The quantitative estimate of drug-likeness (QED) is 0.680. The van der Waals surface area contributed by atoms with Crippen LogP contribution in [0.5, 0.6) is 0 Å². The van der Waals surface area contributed by atoms with Crippen LogP contribution in [0.2, 0.25) is 0 Å². The van der Waals surface area contributed by atoms with Gasteiger partial charge >= 0.3 is 0 Å². The standard InChI is InChI=1S/C12H10ClN/c1-2-9-5-11-6-10(7-13)3-4-12(11)14-8-9/h2-6,8H,1,7H2. The van der Waals surface area contributed by atoms with Crippen LogP contribution in [0.15, 0.2) is 37.0 Å². The minimum atomic E-state index is 0.536. The highest BCUT2D eigenvalue weighted by Crippen LogP contribution is 2.17. The second kappa shape index (κ2) is 3.81. The number of benzene rings is 1. The van der Waals surface area contributed by atoms with Crippen LogP contribution in [-0.2, 0) is 5.88 Å². The van der Waals surface area contributed by atoms with E-state index in [1.165, 1.54) is 0 Å². The van der Waals surface area contributed by atoms with Gasteiger partial charge in [-0.2, -0.15) is 0 Å². The molecule has 1 heterocycles. The average Bonchev–Trinajstić information content (AvgIpc) is 2.27. The molecule has 0 spiro atoms. The van der Waals surface area contributed by atoms with E-state index in [-0.39, 0.29) is 0 Å². The summed E-state index contributed by atoms with van der Waals surface area (Å²) in [7, 11) is 0. The van der Waals surface area contributed by atoms with Gasteiger partial charge in [-0.3, -0.25) is 4.98 Å². The molecular weight excluding hydrogens is 194 g/mol. The van der Waals surface area contributed by atoms with Crippen molar-refractivity contribution in [1.29, 1.82) is 0 Å². The van der Waals surface area contributed by atoms with Crippen molar-refractivity contribution in [3.8, 4) is 0 Å². The van der Waals surface area contributed by atoms with E-state index in [0.29, 0.717) is 5.88 Å². The lowest BCUT2D eigenvalue weighted by atomic mass is 10.1. The fourth-order valence-electron chi connectivity index (χ4n) is 1.39. The van der Waals surface area contributed by atoms with E-state index in [1.54, 1.807) is 6.08 Å². The predicted molar refractivity (Wildman–Crippen MR) is 61.4 cm³/mol. The number of pyridine rings is 1. The van der Waals surface area contributed by atoms with E-state index in [1.807, 2.05) is 18.3 Å². The molecule has 70 valence electrons. The summed E-state index contributed by atoms with van der Waals surface area (Å²) < 4.78 is 0. The van der Waals surface area contributed by atoms with E-state index in [4.69, 9.17) is 11.6 Å². The summed E-state index contributed by atoms with van der Waals surface area (Å²) in [4.78, 5) is 4.31. The van der Waals surface area contributed by atoms with Gasteiger partial charge in [0.25, 0.3) is 0 Å². The van der Waals surface area contributed by atoms with Crippen molar-refractivity contribution in [3.63, 3.8) is 0 Å². The lowest BCUT2D eigenvalue weighted by molar-refractivity contribution is 1.37. The van der Waals surface area contributed by atoms with E-state index in [9.17, 15) is 0 Å². The average molecular weight is 204 g/mol. The molecule has 0 aliphatic heterocycles. The molecule has 2 aromatic rings. The Balaban J connectivity index is 2.65. The zero-order valence-electron chi connectivity index (χ0n) is 7.70. The monoisotopic (exact) mass is 203 g/mol. The van der Waals surface area contributed by atoms with Crippen molar-refractivity contribution in [2.75, 3.05) is 0 Å². The SMILES string of the molecule is C=Cc1cnc2ccc(CCl)cc2c1. The Morgan fingerprint density at radius 2 is 2.21 bits per heavy atom. The van der Waals surface area contributed by atoms with Gasteiger partial charge in [-0.15, -0.1) is 11.6 Å². The molecule has 0 bridgehead atoms. The molecule has 0 saturated heterocycles. The van der Waals surface area contributed by atoms with Crippen molar-refractivity contribution >= 4 is 28.6 Å². The van der Waals surface area contributed by atoms with E-state index >= 15 is 0 Å². The molecule has 1 aromatic carbocycles. The number of hydrogen-bond acceptors (Lipinski definition) is 1. The molecular formula is C12H10ClN. The summed E-state index contributed by atoms with van der Waals surface area (Å²) in [5.74, 6) is 0.536. The molecule has 0 N–H and O–H groups in total. The van der Waals surface area contributed by atoms with Crippen LogP contribution < -0.4 is 0 Å². The largest absolute Gasteiger partial charge is 0.256 e. The van der Waals surface area contributed by atoms with Crippen LogP contribution in [0.4, 0.5) is 0 Å². The minimum absolute atomic E-state index is 0.536. The molecule has 0 fully saturated rings. The normalized spacial score (nSPS) is 10.4. The van der Waals surface area contributed by atoms with Crippen LogP contribution in [0.1, 0.15) is 11.1 Å². The topological polar surface area (TPSA) is 12.9 Å². The first-order valence-corrected chi connectivity index (χ1v) is 4.94. The molecule has 1 nitrogen and oxygen atoms in total. The molecule has 0 aliphatic rings. The van der Waals surface area contributed by atoms with Gasteiger partial charge in [0.1, 0.15) is 0 Å². The number of aromatic nitrogens is 1. The van der Waals surface area contributed by atoms with Crippen LogP contribution in [0, 0.1) is 0 Å². The molecule has 0 atom stereocenters. The van der Waals surface area contributed by atoms with Gasteiger partial charge in [0.15, 0.2) is 0 Å². The van der Waals surface area contributed by atoms with Crippen LogP contribution in [0.25, 0.3) is 17.0 Å². The summed E-state index contributed by atoms with van der Waals surface area (Å²) in [5, 5.41) is 1.11. The number of hydrogen-bond donors (Lipinski definition) is 0. The maximum absolute atomic E-state index is 5.76. The Hall–Kier alpha value is -1.34. The Morgan fingerprint density at radius 1 is 1.36 bits per heavy atom. The van der Waals surface area contributed by atoms with Crippen LogP contribution in [0.3, 0.4) is 0 Å². The molecule has 0 aliphatic carbocycles. The third kappa shape index (κ3) is 1.64. The summed E-state index contributed by atoms with van der Waals surface area (Å²) >= 11 is 5.76. The lowest BCUT2D eigenvalue weighted by Gasteiger charge is -2.00. The summed E-state index contributed by atoms with van der Waals surface area (Å²) in [6, 6.07) is 8.10. The number of nitrogens with zero attached hydrogens (tertiary/aromatic N) is 1. The van der Waals surface area contributed by atoms with Gasteiger partial charge < -0.3 is 0 Å². The summed E-state index contributed by atoms with van der Waals surface area (Å²) in [6.07, 6.45) is 3.61. The van der Waals surface area contributed by atoms with Crippen molar-refractivity contribution < 1.29 is 0 Å². The molecule has 0 unspecified atom stereocenters. The van der Waals surface area contributed by atoms with Gasteiger partial charge in [-0.1, -0.05) is 18.7 Å². The van der Waals surface area contributed by atoms with Gasteiger partial charge in [0.05, 0.1) is 5.52 Å². The van der Waals surface area contributed by atoms with Crippen molar-refractivity contribution in [2.45, 2.75) is 5.88 Å². The van der Waals surface area contributed by atoms with Crippen molar-refractivity contribution in [2.24, 2.45) is 0 Å². The summed E-state index contributed by atoms with van der Waals surface area (Å²) in [5.41, 5.74) is 3.14. The predicted octanol–water partition coefficient (Wildman–Crippen LogP) is 3.62. The highest BCUT2D eigenvalue weighted by Gasteiger charge is 1.97. The first kappa shape index (κ1) is 9.22. The molecule has 0 radical (unpaired) electrons. The first-order chi connectivity index (χ1) is 6.83. The molecule has 14 heavy (non-hydrogen) atoms. The molecule has 2 heteroatoms. The zero-order valence-corrected chi connectivity index (χ0v) is 8.46. The van der Waals surface area contributed by atoms with Gasteiger partial charge in [0, 0.05) is 17.5 Å². The molecule has 2 rings (SSSR count). The third-order valence-electron chi connectivity index (χ3n) is 2.16. The Bertz CT molecular complexity index is 477. The van der Waals surface area contributed by atoms with Crippen LogP contribution >= 0.6 is 11.6 Å². The number of fused-ring (bicyclic) bond motifs is 1. The molecule has 1 aromatic heterocycles. The summed E-state index contributed by atoms with van der Waals surface area (Å²) in [6.45, 7) is 3.71. The Labute approximate surface area is 88.0 Å². The smallest absolute Gasteiger partial charge is 0.0702 e. The van der Waals surface area contributed by atoms with E-state index < -0.39 is 0 Å². The number of halogens is 1. The zero-order chi connectivity index (χ0) is 9.97. The maximum Gasteiger partial charge on any atom is 0.0702 e. The molecule has 0 amide bonds. The van der Waals surface area contributed by atoms with Gasteiger partial charge in [-0.25, -0.2) is 0 Å². The van der Waals surface area contributed by atoms with E-state index in [2.05, 4.69) is 23.7 Å². The number of alkyl halides is 1. The maximum atomic E-state index is 5.76.